The van der Waals surface area contributed by atoms with E-state index in [-0.39, 0.29) is 17.9 Å². The number of likely N-dealkylation sites (tertiary alicyclic amines) is 1. The van der Waals surface area contributed by atoms with Crippen molar-refractivity contribution in [2.75, 3.05) is 13.1 Å². The lowest BCUT2D eigenvalue weighted by molar-refractivity contribution is 0.0621. The largest absolute Gasteiger partial charge is 0.351 e. The van der Waals surface area contributed by atoms with Gasteiger partial charge in [-0.3, -0.25) is 14.7 Å². The molecule has 5 rings (SSSR count). The van der Waals surface area contributed by atoms with Crippen LogP contribution in [0.1, 0.15) is 58.4 Å². The molecular formula is C22H25N5O2. The maximum absolute atomic E-state index is 13.1. The number of hydrogen-bond donors (Lipinski definition) is 2. The summed E-state index contributed by atoms with van der Waals surface area (Å²) >= 11 is 0. The monoisotopic (exact) mass is 391 g/mol. The van der Waals surface area contributed by atoms with Crippen LogP contribution >= 0.6 is 0 Å². The van der Waals surface area contributed by atoms with Gasteiger partial charge in [0.25, 0.3) is 11.8 Å². The minimum atomic E-state index is -0.0437. The summed E-state index contributed by atoms with van der Waals surface area (Å²) in [7, 11) is 0. The quantitative estimate of drug-likeness (QED) is 0.704. The summed E-state index contributed by atoms with van der Waals surface area (Å²) in [5.74, 6) is -0.0626. The summed E-state index contributed by atoms with van der Waals surface area (Å²) < 4.78 is 0. The van der Waals surface area contributed by atoms with E-state index >= 15 is 0 Å². The van der Waals surface area contributed by atoms with Crippen LogP contribution < -0.4 is 0 Å². The van der Waals surface area contributed by atoms with E-state index in [9.17, 15) is 9.59 Å². The Morgan fingerprint density at radius 1 is 1.14 bits per heavy atom. The number of amides is 2. The van der Waals surface area contributed by atoms with Crippen LogP contribution in [-0.4, -0.2) is 55.9 Å². The predicted molar refractivity (Wildman–Crippen MR) is 110 cm³/mol. The number of hydrogen-bond acceptors (Lipinski definition) is 3. The van der Waals surface area contributed by atoms with Gasteiger partial charge in [-0.15, -0.1) is 0 Å². The first-order valence-electron chi connectivity index (χ1n) is 10.4. The Labute approximate surface area is 169 Å². The number of rotatable bonds is 2. The second-order valence-electron chi connectivity index (χ2n) is 8.12. The summed E-state index contributed by atoms with van der Waals surface area (Å²) in [6.07, 6.45) is 3.91. The molecule has 0 aliphatic carbocycles. The van der Waals surface area contributed by atoms with E-state index in [0.717, 1.165) is 48.0 Å². The van der Waals surface area contributed by atoms with Crippen molar-refractivity contribution < 1.29 is 9.59 Å². The highest BCUT2D eigenvalue weighted by Crippen LogP contribution is 2.26. The number of piperidine rings is 1. The molecule has 2 amide bonds. The number of H-pyrrole nitrogens is 2. The van der Waals surface area contributed by atoms with Crippen LogP contribution in [0.3, 0.4) is 0 Å². The Morgan fingerprint density at radius 2 is 2.00 bits per heavy atom. The number of benzene rings is 1. The summed E-state index contributed by atoms with van der Waals surface area (Å²) in [4.78, 5) is 33.2. The molecule has 3 aromatic rings. The van der Waals surface area contributed by atoms with E-state index < -0.39 is 0 Å². The van der Waals surface area contributed by atoms with Crippen molar-refractivity contribution in [3.63, 3.8) is 0 Å². The second-order valence-corrected chi connectivity index (χ2v) is 8.12. The number of aromatic nitrogens is 3. The van der Waals surface area contributed by atoms with Gasteiger partial charge in [0.05, 0.1) is 6.54 Å². The number of fused-ring (bicyclic) bond motifs is 2. The third-order valence-corrected chi connectivity index (χ3v) is 6.25. The molecule has 2 N–H and O–H groups in total. The fourth-order valence-corrected chi connectivity index (χ4v) is 4.54. The molecule has 7 nitrogen and oxygen atoms in total. The average Bonchev–Trinajstić information content (AvgIpc) is 3.36. The van der Waals surface area contributed by atoms with Gasteiger partial charge in [0.15, 0.2) is 5.69 Å². The molecule has 0 saturated carbocycles. The van der Waals surface area contributed by atoms with Crippen LogP contribution in [0.5, 0.6) is 0 Å². The minimum Gasteiger partial charge on any atom is -0.351 e. The smallest absolute Gasteiger partial charge is 0.274 e. The van der Waals surface area contributed by atoms with E-state index in [4.69, 9.17) is 0 Å². The van der Waals surface area contributed by atoms with Crippen molar-refractivity contribution in [2.45, 2.75) is 45.2 Å². The number of para-hydroxylation sites is 1. The van der Waals surface area contributed by atoms with Gasteiger partial charge in [-0.1, -0.05) is 18.2 Å². The highest BCUT2D eigenvalue weighted by atomic mass is 16.2. The van der Waals surface area contributed by atoms with Crippen LogP contribution in [0, 0.1) is 0 Å². The number of carbonyl (C=O) groups is 2. The molecule has 1 aromatic carbocycles. The summed E-state index contributed by atoms with van der Waals surface area (Å²) in [6, 6.07) is 9.99. The molecule has 1 saturated heterocycles. The van der Waals surface area contributed by atoms with E-state index in [2.05, 4.69) is 22.1 Å². The average molecular weight is 391 g/mol. The van der Waals surface area contributed by atoms with Gasteiger partial charge in [0.2, 0.25) is 0 Å². The van der Waals surface area contributed by atoms with Crippen LogP contribution in [-0.2, 0) is 13.0 Å². The van der Waals surface area contributed by atoms with Gasteiger partial charge in [-0.05, 0) is 38.3 Å². The first-order chi connectivity index (χ1) is 14.1. The molecule has 0 bridgehead atoms. The molecule has 150 valence electrons. The molecule has 0 radical (unpaired) electrons. The van der Waals surface area contributed by atoms with Crippen LogP contribution in [0.4, 0.5) is 0 Å². The zero-order chi connectivity index (χ0) is 20.0. The Balaban J connectivity index is 1.39. The van der Waals surface area contributed by atoms with E-state index in [0.29, 0.717) is 30.9 Å². The highest BCUT2D eigenvalue weighted by molar-refractivity contribution is 5.98. The summed E-state index contributed by atoms with van der Waals surface area (Å²) in [5.41, 5.74) is 3.84. The van der Waals surface area contributed by atoms with E-state index in [1.54, 1.807) is 4.90 Å². The Hall–Kier alpha value is -3.09. The topological polar surface area (TPSA) is 85.1 Å². The zero-order valence-electron chi connectivity index (χ0n) is 16.6. The fraction of sp³-hybridized carbons (Fsp3) is 0.409. The van der Waals surface area contributed by atoms with Gasteiger partial charge in [0.1, 0.15) is 5.69 Å². The number of nitrogens with zero attached hydrogens (tertiary/aromatic N) is 3. The molecule has 29 heavy (non-hydrogen) atoms. The first-order valence-corrected chi connectivity index (χ1v) is 10.4. The molecule has 1 atom stereocenters. The van der Waals surface area contributed by atoms with Crippen LogP contribution in [0.25, 0.3) is 10.9 Å². The maximum atomic E-state index is 13.1. The van der Waals surface area contributed by atoms with Gasteiger partial charge in [-0.2, -0.15) is 5.10 Å². The maximum Gasteiger partial charge on any atom is 0.274 e. The van der Waals surface area contributed by atoms with Crippen molar-refractivity contribution >= 4 is 22.7 Å². The molecule has 2 aliphatic heterocycles. The minimum absolute atomic E-state index is 0.0189. The SMILES string of the molecule is C[C@@H]1CCCCN1C(=O)c1n[nH]c2c1CN(C(=O)c1cc3ccccc3[nH]1)CC2. The van der Waals surface area contributed by atoms with Crippen molar-refractivity contribution in [3.05, 3.63) is 53.0 Å². The zero-order valence-corrected chi connectivity index (χ0v) is 16.6. The number of nitrogens with one attached hydrogen (secondary N) is 2. The normalized spacial score (nSPS) is 19.4. The third kappa shape index (κ3) is 3.10. The van der Waals surface area contributed by atoms with Crippen LogP contribution in [0.15, 0.2) is 30.3 Å². The number of aromatic amines is 2. The summed E-state index contributed by atoms with van der Waals surface area (Å²) in [5, 5.41) is 8.41. The molecule has 0 unspecified atom stereocenters. The Morgan fingerprint density at radius 3 is 2.83 bits per heavy atom. The first kappa shape index (κ1) is 18.0. The molecule has 4 heterocycles. The molecule has 2 aromatic heterocycles. The van der Waals surface area contributed by atoms with Crippen molar-refractivity contribution in [2.24, 2.45) is 0 Å². The second kappa shape index (κ2) is 7.06. The third-order valence-electron chi connectivity index (χ3n) is 6.25. The highest BCUT2D eigenvalue weighted by Gasteiger charge is 2.32. The molecule has 1 fully saturated rings. The number of carbonyl (C=O) groups excluding carboxylic acids is 2. The lowest BCUT2D eigenvalue weighted by Gasteiger charge is -2.33. The fourth-order valence-electron chi connectivity index (χ4n) is 4.54. The van der Waals surface area contributed by atoms with Crippen molar-refractivity contribution in [3.8, 4) is 0 Å². The predicted octanol–water partition coefficient (Wildman–Crippen LogP) is 3.10. The molecule has 7 heteroatoms. The lowest BCUT2D eigenvalue weighted by Crippen LogP contribution is -2.43. The molecular weight excluding hydrogens is 366 g/mol. The molecule has 0 spiro atoms. The van der Waals surface area contributed by atoms with Gasteiger partial charge < -0.3 is 14.8 Å². The van der Waals surface area contributed by atoms with Gasteiger partial charge in [0, 0.05) is 47.7 Å². The van der Waals surface area contributed by atoms with Crippen molar-refractivity contribution in [1.82, 2.24) is 25.0 Å². The summed E-state index contributed by atoms with van der Waals surface area (Å²) in [6.45, 7) is 3.89. The lowest BCUT2D eigenvalue weighted by atomic mass is 10.0. The Kier molecular flexibility index (Phi) is 4.38. The standard InChI is InChI=1S/C22H25N5O2/c1-14-6-4-5-10-27(14)22(29)20-16-13-26(11-9-18(16)24-25-20)21(28)19-12-15-7-2-3-8-17(15)23-19/h2-3,7-8,12,14,23H,4-6,9-11,13H2,1H3,(H,24,25)/t14-/m1/s1. The van der Waals surface area contributed by atoms with Crippen LogP contribution in [0.2, 0.25) is 0 Å². The van der Waals surface area contributed by atoms with Gasteiger partial charge in [-0.25, -0.2) is 0 Å². The van der Waals surface area contributed by atoms with Gasteiger partial charge >= 0.3 is 0 Å². The van der Waals surface area contributed by atoms with Crippen molar-refractivity contribution in [1.29, 1.82) is 0 Å². The van der Waals surface area contributed by atoms with E-state index in [1.165, 1.54) is 0 Å². The Bertz CT molecular complexity index is 1050. The molecule has 2 aliphatic rings. The van der Waals surface area contributed by atoms with E-state index in [1.807, 2.05) is 35.2 Å².